The largest absolute Gasteiger partial charge is 0.493 e. The maximum Gasteiger partial charge on any atom is 0.413 e. The summed E-state index contributed by atoms with van der Waals surface area (Å²) in [4.78, 5) is 90.4. The zero-order chi connectivity index (χ0) is 74.3. The van der Waals surface area contributed by atoms with Gasteiger partial charge in [0, 0.05) is 27.9 Å². The van der Waals surface area contributed by atoms with E-state index in [0.717, 1.165) is 17.5 Å². The van der Waals surface area contributed by atoms with E-state index >= 15 is 0 Å². The molecular formula is C73H93ClN4O22. The molecule has 0 aliphatic rings. The number of nitrogens with one attached hydrogen (secondary N) is 2. The van der Waals surface area contributed by atoms with Crippen molar-refractivity contribution in [3.8, 4) is 51.7 Å². The third-order valence-corrected chi connectivity index (χ3v) is 16.5. The molecule has 2 N–H and O–H groups in total. The van der Waals surface area contributed by atoms with Crippen molar-refractivity contribution >= 4 is 53.6 Å². The molecule has 0 heterocycles. The highest BCUT2D eigenvalue weighted by molar-refractivity contribution is 6.19. The average Bonchev–Trinajstić information content (AvgIpc) is 0.790. The summed E-state index contributed by atoms with van der Waals surface area (Å²) in [5.41, 5.74) is -0.179. The van der Waals surface area contributed by atoms with Crippen molar-refractivity contribution in [3.05, 3.63) is 161 Å². The molecule has 544 valence electrons. The van der Waals surface area contributed by atoms with E-state index in [1.165, 1.54) is 119 Å². The molecule has 5 atom stereocenters. The summed E-state index contributed by atoms with van der Waals surface area (Å²) in [7, 11) is 18.2. The molecule has 6 aromatic rings. The van der Waals surface area contributed by atoms with Crippen molar-refractivity contribution in [1.29, 1.82) is 0 Å². The highest BCUT2D eigenvalue weighted by Crippen LogP contribution is 2.42. The van der Waals surface area contributed by atoms with Gasteiger partial charge in [-0.05, 0) is 86.3 Å². The number of hydrogen-bond donors (Lipinski definition) is 2. The van der Waals surface area contributed by atoms with Gasteiger partial charge in [0.15, 0.2) is 40.1 Å². The Hall–Kier alpha value is -10.3. The third-order valence-electron chi connectivity index (χ3n) is 16.4. The quantitative estimate of drug-likeness (QED) is 0.0172. The van der Waals surface area contributed by atoms with Gasteiger partial charge in [-0.25, -0.2) is 24.0 Å². The van der Waals surface area contributed by atoms with Gasteiger partial charge >= 0.3 is 36.1 Å². The molecule has 2 unspecified atom stereocenters. The van der Waals surface area contributed by atoms with Gasteiger partial charge in [0.1, 0.15) is 37.4 Å². The molecular weight excluding hydrogens is 1320 g/mol. The Balaban J connectivity index is 0.000000324. The van der Waals surface area contributed by atoms with Crippen LogP contribution in [0.1, 0.15) is 109 Å². The third kappa shape index (κ3) is 21.1. The molecule has 27 heteroatoms. The number of nitrogens with zero attached hydrogens (tertiary/aromatic N) is 2. The summed E-state index contributed by atoms with van der Waals surface area (Å²) >= 11 is 5.86. The molecule has 0 saturated carbocycles. The fourth-order valence-corrected chi connectivity index (χ4v) is 10.6. The predicted octanol–water partition coefficient (Wildman–Crippen LogP) is 11.5. The van der Waals surface area contributed by atoms with E-state index in [-0.39, 0.29) is 49.0 Å². The van der Waals surface area contributed by atoms with Crippen molar-refractivity contribution in [2.75, 3.05) is 111 Å². The molecule has 0 aliphatic carbocycles. The second-order valence-electron chi connectivity index (χ2n) is 21.9. The van der Waals surface area contributed by atoms with Gasteiger partial charge < -0.3 is 81.7 Å². The molecule has 6 rings (SSSR count). The molecule has 0 fully saturated rings. The number of methoxy groups -OCH3 is 9. The normalized spacial score (nSPS) is 12.9. The molecule has 0 aliphatic heterocycles. The first-order valence-corrected chi connectivity index (χ1v) is 32.0. The minimum Gasteiger partial charge on any atom is -0.493 e. The lowest BCUT2D eigenvalue weighted by molar-refractivity contribution is -0.166. The number of halogens is 1. The number of carbonyl (C=O) groups is 7. The maximum atomic E-state index is 13.2. The van der Waals surface area contributed by atoms with Crippen LogP contribution in [-0.4, -0.2) is 175 Å². The monoisotopic (exact) mass is 1410 g/mol. The zero-order valence-corrected chi connectivity index (χ0v) is 60.7. The second kappa shape index (κ2) is 39.9. The van der Waals surface area contributed by atoms with E-state index in [1.54, 1.807) is 50.4 Å². The molecule has 100 heavy (non-hydrogen) atoms. The maximum absolute atomic E-state index is 13.2. The number of hydrogen-bond acceptors (Lipinski definition) is 23. The molecule has 0 saturated heterocycles. The van der Waals surface area contributed by atoms with Crippen molar-refractivity contribution in [1.82, 2.24) is 20.4 Å². The van der Waals surface area contributed by atoms with Gasteiger partial charge in [0.2, 0.25) is 29.4 Å². The smallest absolute Gasteiger partial charge is 0.413 e. The summed E-state index contributed by atoms with van der Waals surface area (Å²) in [6.45, 7) is 9.44. The lowest BCUT2D eigenvalue weighted by Gasteiger charge is -2.40. The SMILES string of the molecule is CC[C@@](COC(=O)c1cc(OC)c(OC)c(OC)c1)(c1ccccc1)N(C)C(=O)OC(C)Cl.CC[C@@](COC(=O)c1cc(OC)c(OC)c(OC)c1)(c1ccccc1)N(C)C(=O)OC(C)OC(=O)CNC(C)=O.CC[C@](COC(=O)c1cc(OC)c(OC)c(OC)c1)(NC)c1ccccc1. The number of rotatable bonds is 32. The fourth-order valence-electron chi connectivity index (χ4n) is 10.5. The second-order valence-corrected chi connectivity index (χ2v) is 22.5. The minimum atomic E-state index is -1.25. The van der Waals surface area contributed by atoms with Crippen LogP contribution in [0.25, 0.3) is 0 Å². The van der Waals surface area contributed by atoms with Gasteiger partial charge in [-0.3, -0.25) is 19.4 Å². The van der Waals surface area contributed by atoms with Crippen molar-refractivity contribution in [3.63, 3.8) is 0 Å². The van der Waals surface area contributed by atoms with Gasteiger partial charge in [-0.15, -0.1) is 0 Å². The number of benzene rings is 6. The van der Waals surface area contributed by atoms with E-state index in [2.05, 4.69) is 17.6 Å². The van der Waals surface area contributed by atoms with E-state index in [9.17, 15) is 33.6 Å². The molecule has 6 aromatic carbocycles. The van der Waals surface area contributed by atoms with Gasteiger partial charge in [0.05, 0.1) is 86.2 Å². The number of alkyl halides is 1. The summed E-state index contributed by atoms with van der Waals surface area (Å²) < 4.78 is 80.5. The highest BCUT2D eigenvalue weighted by Gasteiger charge is 2.43. The average molecular weight is 1410 g/mol. The molecule has 0 bridgehead atoms. The Morgan fingerprint density at radius 2 is 0.750 bits per heavy atom. The van der Waals surface area contributed by atoms with Crippen molar-refractivity contribution in [2.45, 2.75) is 89.3 Å². The lowest BCUT2D eigenvalue weighted by atomic mass is 9.86. The van der Waals surface area contributed by atoms with Crippen LogP contribution >= 0.6 is 11.6 Å². The Morgan fingerprint density at radius 1 is 0.440 bits per heavy atom. The summed E-state index contributed by atoms with van der Waals surface area (Å²) in [6.07, 6.45) is -1.16. The van der Waals surface area contributed by atoms with E-state index < -0.39 is 70.4 Å². The van der Waals surface area contributed by atoms with Crippen molar-refractivity contribution in [2.24, 2.45) is 0 Å². The topological polar surface area (TPSA) is 288 Å². The van der Waals surface area contributed by atoms with Crippen LogP contribution in [0, 0.1) is 0 Å². The van der Waals surface area contributed by atoms with Crippen LogP contribution in [0.4, 0.5) is 9.59 Å². The Morgan fingerprint density at radius 3 is 1.02 bits per heavy atom. The van der Waals surface area contributed by atoms with E-state index in [4.69, 9.17) is 82.7 Å². The summed E-state index contributed by atoms with van der Waals surface area (Å²) in [5, 5.41) is 5.61. The highest BCUT2D eigenvalue weighted by atomic mass is 35.5. The number of carbonyl (C=O) groups excluding carboxylic acids is 7. The molecule has 0 radical (unpaired) electrons. The molecule has 26 nitrogen and oxygen atoms in total. The van der Waals surface area contributed by atoms with Crippen LogP contribution in [-0.2, 0) is 54.6 Å². The standard InChI is InChI=1S/C28H36N2O10.C24H30ClNO7.C21H27NO5/c1-8-28(21-12-10-9-11-13-21,30(4)27(34)40-19(3)39-24(32)16-29-18(2)31)17-38-26(33)20-14-22(35-5)25(37-7)23(15-20)36-6;1-7-24(18-11-9-8-10-12-18,26(3)23(28)33-16(2)25)15-32-22(27)17-13-19(29-4)21(31-6)20(14-17)30-5;1-6-21(22-2,16-10-8-7-9-11-16)14-27-20(23)15-12-17(24-3)19(26-5)18(13-15)25-4/h9-15,19H,8,16-17H2,1-7H3,(H,29,31);8-14,16H,7,15H2,1-6H3;7-13,22H,6,14H2,1-5H3/t19?,28-;16?,24-;21-/m111/s1. The lowest BCUT2D eigenvalue weighted by Crippen LogP contribution is -2.51. The number of ether oxygens (including phenoxy) is 15. The minimum absolute atomic E-state index is 0.120. The van der Waals surface area contributed by atoms with Crippen LogP contribution in [0.5, 0.6) is 51.7 Å². The first-order chi connectivity index (χ1) is 47.8. The Bertz CT molecular complexity index is 3560. The zero-order valence-electron chi connectivity index (χ0n) is 60.0. The predicted molar refractivity (Wildman–Crippen MR) is 371 cm³/mol. The number of amides is 3. The fraction of sp³-hybridized carbons (Fsp3) is 0.411. The number of esters is 4. The van der Waals surface area contributed by atoms with Gasteiger partial charge in [0.25, 0.3) is 0 Å². The first-order valence-electron chi connectivity index (χ1n) is 31.5. The Kier molecular flexibility index (Phi) is 32.8. The molecule has 0 aromatic heterocycles. The number of likely N-dealkylation sites (N-methyl/N-ethyl adjacent to an activating group) is 3. The summed E-state index contributed by atoms with van der Waals surface area (Å²) in [5.74, 6) is 0.190. The molecule has 0 spiro atoms. The van der Waals surface area contributed by atoms with Crippen molar-refractivity contribution < 1.29 is 105 Å². The van der Waals surface area contributed by atoms with E-state index in [1.807, 2.05) is 87.6 Å². The first kappa shape index (κ1) is 82.1. The Labute approximate surface area is 589 Å². The van der Waals surface area contributed by atoms with Crippen LogP contribution < -0.4 is 53.3 Å². The van der Waals surface area contributed by atoms with Gasteiger partial charge in [-0.2, -0.15) is 0 Å². The summed E-state index contributed by atoms with van der Waals surface area (Å²) in [6, 6.07) is 37.4. The van der Waals surface area contributed by atoms with Crippen LogP contribution in [0.2, 0.25) is 0 Å². The molecule has 3 amide bonds. The van der Waals surface area contributed by atoms with Gasteiger partial charge in [-0.1, -0.05) is 123 Å². The van der Waals surface area contributed by atoms with E-state index in [0.29, 0.717) is 64.2 Å². The van der Waals surface area contributed by atoms with Crippen LogP contribution in [0.15, 0.2) is 127 Å². The van der Waals surface area contributed by atoms with Crippen LogP contribution in [0.3, 0.4) is 0 Å².